The highest BCUT2D eigenvalue weighted by Gasteiger charge is 2.33. The van der Waals surface area contributed by atoms with Crippen LogP contribution in [-0.2, 0) is 49.6 Å². The molecule has 0 bridgehead atoms. The number of nitrogens with one attached hydrogen (secondary N) is 1. The number of aromatic nitrogens is 5. The van der Waals surface area contributed by atoms with Crippen LogP contribution in [0.25, 0.3) is 16.9 Å². The molecule has 1 aliphatic carbocycles. The Morgan fingerprint density at radius 2 is 1.45 bits per heavy atom. The molecule has 1 saturated carbocycles. The minimum Gasteiger partial charge on any atom is -0.379 e. The molecule has 2 saturated heterocycles. The molecule has 19 heteroatoms. The van der Waals surface area contributed by atoms with E-state index >= 15 is 0 Å². The van der Waals surface area contributed by atoms with Crippen molar-refractivity contribution in [2.75, 3.05) is 109 Å². The summed E-state index contributed by atoms with van der Waals surface area (Å²) in [6, 6.07) is 20.0. The average molecular weight is 957 g/mol. The number of amides is 1. The van der Waals surface area contributed by atoms with E-state index in [-0.39, 0.29) is 35.3 Å². The Hall–Kier alpha value is -5.70. The number of anilines is 3. The summed E-state index contributed by atoms with van der Waals surface area (Å²) in [5.74, 6) is 0.0732. The third-order valence-electron chi connectivity index (χ3n) is 12.8. The van der Waals surface area contributed by atoms with Crippen LogP contribution in [0, 0.1) is 0 Å². The van der Waals surface area contributed by atoms with Crippen LogP contribution in [0.15, 0.2) is 90.4 Å². The average Bonchev–Trinajstić information content (AvgIpc) is 3.99. The van der Waals surface area contributed by atoms with E-state index in [2.05, 4.69) is 65.8 Å². The van der Waals surface area contributed by atoms with Gasteiger partial charge in [-0.05, 0) is 60.4 Å². The fourth-order valence-electron chi connectivity index (χ4n) is 8.90. The Balaban J connectivity index is 0.664. The van der Waals surface area contributed by atoms with E-state index in [0.29, 0.717) is 90.6 Å². The van der Waals surface area contributed by atoms with Gasteiger partial charge >= 0.3 is 6.18 Å². The summed E-state index contributed by atoms with van der Waals surface area (Å²) in [5, 5.41) is 3.24. The van der Waals surface area contributed by atoms with Crippen LogP contribution >= 0.6 is 0 Å². The van der Waals surface area contributed by atoms with E-state index < -0.39 is 17.4 Å². The number of ether oxygens (including phenoxy) is 4. The van der Waals surface area contributed by atoms with Crippen LogP contribution in [0.4, 0.5) is 30.5 Å². The molecule has 2 aliphatic heterocycles. The van der Waals surface area contributed by atoms with E-state index in [1.165, 1.54) is 70.6 Å². The molecule has 0 radical (unpaired) electrons. The molecule has 8 rings (SSSR count). The summed E-state index contributed by atoms with van der Waals surface area (Å²) in [6.07, 6.45) is 3.87. The van der Waals surface area contributed by atoms with Gasteiger partial charge in [-0.1, -0.05) is 49.2 Å². The molecule has 370 valence electrons. The predicted molar refractivity (Wildman–Crippen MR) is 257 cm³/mol. The van der Waals surface area contributed by atoms with Crippen LogP contribution in [0.3, 0.4) is 0 Å². The molecule has 3 aliphatic rings. The van der Waals surface area contributed by atoms with Crippen LogP contribution < -0.4 is 15.8 Å². The number of alkyl halides is 3. The van der Waals surface area contributed by atoms with E-state index in [0.717, 1.165) is 51.0 Å². The summed E-state index contributed by atoms with van der Waals surface area (Å²) in [7, 11) is 0. The van der Waals surface area contributed by atoms with Crippen molar-refractivity contribution in [2.24, 2.45) is 0 Å². The second-order valence-corrected chi connectivity index (χ2v) is 17.6. The number of pyridine rings is 1. The molecule has 5 aromatic rings. The van der Waals surface area contributed by atoms with Crippen molar-refractivity contribution >= 4 is 34.3 Å². The lowest BCUT2D eigenvalue weighted by atomic mass is 10.1. The highest BCUT2D eigenvalue weighted by atomic mass is 19.4. The van der Waals surface area contributed by atoms with Crippen molar-refractivity contribution < 1.29 is 36.9 Å². The van der Waals surface area contributed by atoms with Crippen molar-refractivity contribution in [1.29, 1.82) is 0 Å². The Morgan fingerprint density at radius 1 is 0.783 bits per heavy atom. The molecule has 5 heterocycles. The van der Waals surface area contributed by atoms with Gasteiger partial charge in [-0.25, -0.2) is 19.3 Å². The molecule has 0 spiro atoms. The van der Waals surface area contributed by atoms with E-state index in [1.807, 2.05) is 29.2 Å². The number of halogens is 3. The zero-order valence-corrected chi connectivity index (χ0v) is 39.2. The second kappa shape index (κ2) is 24.2. The Morgan fingerprint density at radius 3 is 2.14 bits per heavy atom. The molecule has 3 fully saturated rings. The molecule has 16 nitrogen and oxygen atoms in total. The maximum absolute atomic E-state index is 13.5. The number of fused-ring (bicyclic) bond motifs is 1. The number of rotatable bonds is 23. The van der Waals surface area contributed by atoms with Crippen molar-refractivity contribution in [1.82, 2.24) is 39.0 Å². The number of allylic oxidation sites excluding steroid dienone is 1. The highest BCUT2D eigenvalue weighted by Crippen LogP contribution is 2.29. The normalized spacial score (nSPS) is 16.4. The minimum atomic E-state index is -4.68. The highest BCUT2D eigenvalue weighted by molar-refractivity contribution is 5.77. The smallest absolute Gasteiger partial charge is 0.379 e. The number of hydrogen-bond donors (Lipinski definition) is 1. The fourth-order valence-corrected chi connectivity index (χ4v) is 8.90. The van der Waals surface area contributed by atoms with Crippen LogP contribution in [-0.4, -0.2) is 150 Å². The minimum absolute atomic E-state index is 0.0103. The van der Waals surface area contributed by atoms with Crippen LogP contribution in [0.2, 0.25) is 0 Å². The van der Waals surface area contributed by atoms with Crippen LogP contribution in [0.1, 0.15) is 48.9 Å². The summed E-state index contributed by atoms with van der Waals surface area (Å²) in [6.45, 7) is 15.9. The molecular weight excluding hydrogens is 894 g/mol. The molecule has 1 amide bonds. The van der Waals surface area contributed by atoms with Gasteiger partial charge in [-0.2, -0.15) is 18.2 Å². The van der Waals surface area contributed by atoms with Gasteiger partial charge in [0, 0.05) is 83.0 Å². The van der Waals surface area contributed by atoms with Crippen molar-refractivity contribution in [3.05, 3.63) is 113 Å². The largest absolute Gasteiger partial charge is 0.433 e. The summed E-state index contributed by atoms with van der Waals surface area (Å²) in [5.41, 5.74) is 2.75. The number of hydrogen-bond acceptors (Lipinski definition) is 13. The van der Waals surface area contributed by atoms with Gasteiger partial charge in [-0.15, -0.1) is 6.58 Å². The van der Waals surface area contributed by atoms with Gasteiger partial charge in [0.15, 0.2) is 11.5 Å². The molecule has 2 aromatic carbocycles. The third-order valence-corrected chi connectivity index (χ3v) is 12.8. The van der Waals surface area contributed by atoms with E-state index in [1.54, 1.807) is 0 Å². The first kappa shape index (κ1) is 49.7. The van der Waals surface area contributed by atoms with Gasteiger partial charge in [0.05, 0.1) is 65.3 Å². The lowest BCUT2D eigenvalue weighted by molar-refractivity contribution is -0.141. The van der Waals surface area contributed by atoms with Gasteiger partial charge in [-0.3, -0.25) is 19.4 Å². The lowest BCUT2D eigenvalue weighted by Crippen LogP contribution is -2.49. The summed E-state index contributed by atoms with van der Waals surface area (Å²) in [4.78, 5) is 47.8. The molecule has 0 unspecified atom stereocenters. The Bertz CT molecular complexity index is 2480. The van der Waals surface area contributed by atoms with Crippen molar-refractivity contribution in [3.8, 4) is 5.82 Å². The van der Waals surface area contributed by atoms with E-state index in [9.17, 15) is 22.8 Å². The molecular formula is C50H63F3N10O6. The predicted octanol–water partition coefficient (Wildman–Crippen LogP) is 6.29. The number of nitrogens with zero attached hydrogens (tertiary/aromatic N) is 9. The van der Waals surface area contributed by atoms with Gasteiger partial charge in [0.25, 0.3) is 5.56 Å². The quantitative estimate of drug-likeness (QED) is 0.0579. The maximum atomic E-state index is 13.5. The van der Waals surface area contributed by atoms with E-state index in [4.69, 9.17) is 18.9 Å². The summed E-state index contributed by atoms with van der Waals surface area (Å²) < 4.78 is 66.3. The first-order valence-electron chi connectivity index (χ1n) is 24.0. The van der Waals surface area contributed by atoms with Crippen molar-refractivity contribution in [2.45, 2.75) is 64.1 Å². The molecule has 3 aromatic heterocycles. The van der Waals surface area contributed by atoms with Gasteiger partial charge in [0.1, 0.15) is 11.1 Å². The molecule has 69 heavy (non-hydrogen) atoms. The van der Waals surface area contributed by atoms with Crippen LogP contribution in [0.5, 0.6) is 0 Å². The standard InChI is InChI=1S/C50H63F3N10O6/c1-2-19-62-48(65)43-35-54-49(57-47(43)63(62)45-9-5-8-44(56-45)50(51,52)53)55-40-14-16-41(17-15-40)60-24-26-61(27-25-60)46(64)18-29-66-31-33-68-34-32-67-30-28-58-20-22-59(23-21-58)36-38-10-12-39(13-11-38)37-69-42-6-3-4-7-42/h2,5,8-17,35,42H,1,3-4,6-7,18-34,36-37H2,(H,54,55,57). The monoisotopic (exact) mass is 956 g/mol. The molecule has 1 N–H and O–H groups in total. The lowest BCUT2D eigenvalue weighted by Gasteiger charge is -2.36. The number of carbonyl (C=O) groups is 1. The number of carbonyl (C=O) groups excluding carboxylic acids is 1. The first-order valence-corrected chi connectivity index (χ1v) is 24.0. The Labute approximate surface area is 400 Å². The topological polar surface area (TPSA) is 145 Å². The first-order chi connectivity index (χ1) is 33.6. The molecule has 0 atom stereocenters. The third kappa shape index (κ3) is 13.8. The zero-order valence-electron chi connectivity index (χ0n) is 39.2. The maximum Gasteiger partial charge on any atom is 0.433 e. The Kier molecular flexibility index (Phi) is 17.5. The van der Waals surface area contributed by atoms with Crippen molar-refractivity contribution in [3.63, 3.8) is 0 Å². The SMILES string of the molecule is C=CCn1c(=O)c2cnc(Nc3ccc(N4CCN(C(=O)CCOCCOCCOCCN5CCN(Cc6ccc(COC7CCCC7)cc6)CC5)CC4)cc3)nc2n1-c1cccc(C(F)(F)F)n1. The number of benzene rings is 2. The van der Waals surface area contributed by atoms with Gasteiger partial charge < -0.3 is 34.1 Å². The van der Waals surface area contributed by atoms with Gasteiger partial charge in [0.2, 0.25) is 11.9 Å². The number of piperazine rings is 2. The fraction of sp³-hybridized carbons (Fsp3) is 0.500. The summed E-state index contributed by atoms with van der Waals surface area (Å²) >= 11 is 0. The second-order valence-electron chi connectivity index (χ2n) is 17.6. The zero-order chi connectivity index (χ0) is 48.0.